The van der Waals surface area contributed by atoms with Gasteiger partial charge in [0.15, 0.2) is 11.5 Å². The van der Waals surface area contributed by atoms with Crippen molar-refractivity contribution in [1.29, 1.82) is 0 Å². The molecule has 1 aliphatic heterocycles. The van der Waals surface area contributed by atoms with Gasteiger partial charge in [-0.05, 0) is 54.3 Å². The van der Waals surface area contributed by atoms with Crippen molar-refractivity contribution in [3.8, 4) is 34.1 Å². The molecule has 0 radical (unpaired) electrons. The molecule has 3 aromatic rings. The maximum atomic E-state index is 13.4. The van der Waals surface area contributed by atoms with E-state index in [1.165, 1.54) is 0 Å². The minimum Gasteiger partial charge on any atom is -0.496 e. The van der Waals surface area contributed by atoms with Crippen LogP contribution in [0.25, 0.3) is 11.1 Å². The number of benzene rings is 3. The minimum absolute atomic E-state index is 0.225. The Morgan fingerprint density at radius 3 is 2.39 bits per heavy atom. The van der Waals surface area contributed by atoms with E-state index in [1.807, 2.05) is 60.7 Å². The highest BCUT2D eigenvalue weighted by molar-refractivity contribution is 5.95. The molecule has 3 aromatic carbocycles. The molecule has 0 aromatic heterocycles. The van der Waals surface area contributed by atoms with Crippen molar-refractivity contribution >= 4 is 5.78 Å². The van der Waals surface area contributed by atoms with Crippen molar-refractivity contribution < 1.29 is 23.7 Å². The Hall–Kier alpha value is -3.47. The number of carbonyl (C=O) groups is 1. The molecule has 0 amide bonds. The van der Waals surface area contributed by atoms with Gasteiger partial charge in [-0.2, -0.15) is 0 Å². The van der Waals surface area contributed by atoms with E-state index >= 15 is 0 Å². The van der Waals surface area contributed by atoms with Crippen molar-refractivity contribution in [1.82, 2.24) is 0 Å². The van der Waals surface area contributed by atoms with Crippen LogP contribution in [-0.4, -0.2) is 26.8 Å². The molecular weight excluding hydrogens is 392 g/mol. The molecule has 0 spiro atoms. The van der Waals surface area contributed by atoms with Gasteiger partial charge in [0, 0.05) is 17.5 Å². The van der Waals surface area contributed by atoms with Crippen molar-refractivity contribution in [2.45, 2.75) is 24.7 Å². The Bertz CT molecular complexity index is 1150. The fraction of sp³-hybridized carbons (Fsp3) is 0.269. The van der Waals surface area contributed by atoms with E-state index in [9.17, 15) is 4.79 Å². The van der Waals surface area contributed by atoms with E-state index in [0.717, 1.165) is 58.1 Å². The number of ether oxygens (including phenoxy) is 4. The molecule has 0 unspecified atom stereocenters. The maximum absolute atomic E-state index is 13.4. The third-order valence-electron chi connectivity index (χ3n) is 6.23. The van der Waals surface area contributed by atoms with Gasteiger partial charge in [0.2, 0.25) is 6.79 Å². The van der Waals surface area contributed by atoms with Gasteiger partial charge < -0.3 is 18.9 Å². The molecule has 1 fully saturated rings. The zero-order valence-corrected chi connectivity index (χ0v) is 17.6. The smallest absolute Gasteiger partial charge is 0.231 e. The fourth-order valence-corrected chi connectivity index (χ4v) is 4.35. The number of Topliss-reactive ketones (excluding diaryl/α,β-unsaturated/α-hetero) is 1. The average Bonchev–Trinajstić information content (AvgIpc) is 3.50. The summed E-state index contributed by atoms with van der Waals surface area (Å²) in [6, 6.07) is 19.6. The molecular formula is C26H24O5. The molecule has 0 bridgehead atoms. The normalized spacial score (nSPS) is 15.4. The van der Waals surface area contributed by atoms with Crippen LogP contribution in [-0.2, 0) is 16.6 Å². The molecule has 158 valence electrons. The van der Waals surface area contributed by atoms with E-state index in [2.05, 4.69) is 0 Å². The quantitative estimate of drug-likeness (QED) is 0.546. The van der Waals surface area contributed by atoms with Crippen LogP contribution >= 0.6 is 0 Å². The Kier molecular flexibility index (Phi) is 4.81. The van der Waals surface area contributed by atoms with Crippen LogP contribution in [0.5, 0.6) is 23.0 Å². The van der Waals surface area contributed by atoms with Crippen LogP contribution in [0.3, 0.4) is 0 Å². The van der Waals surface area contributed by atoms with Crippen molar-refractivity contribution in [3.05, 3.63) is 71.8 Å². The SMILES string of the molecule is COc1ccccc1-c1cc(CC(=O)C2(c3ccc4c(c3)OCO4)CC2)ccc1OC. The highest BCUT2D eigenvalue weighted by Gasteiger charge is 2.50. The monoisotopic (exact) mass is 416 g/mol. The van der Waals surface area contributed by atoms with E-state index in [-0.39, 0.29) is 12.6 Å². The summed E-state index contributed by atoms with van der Waals surface area (Å²) in [5.74, 6) is 3.20. The largest absolute Gasteiger partial charge is 0.496 e. The number of ketones is 1. The van der Waals surface area contributed by atoms with Gasteiger partial charge in [-0.3, -0.25) is 4.79 Å². The topological polar surface area (TPSA) is 54.0 Å². The van der Waals surface area contributed by atoms with Crippen LogP contribution in [0, 0.1) is 0 Å². The first-order valence-corrected chi connectivity index (χ1v) is 10.4. The van der Waals surface area contributed by atoms with E-state index < -0.39 is 5.41 Å². The van der Waals surface area contributed by atoms with E-state index in [0.29, 0.717) is 6.42 Å². The first-order chi connectivity index (χ1) is 15.1. The van der Waals surface area contributed by atoms with Gasteiger partial charge in [0.1, 0.15) is 17.3 Å². The van der Waals surface area contributed by atoms with E-state index in [1.54, 1.807) is 14.2 Å². The number of rotatable bonds is 7. The summed E-state index contributed by atoms with van der Waals surface area (Å²) in [7, 11) is 3.30. The Morgan fingerprint density at radius 1 is 0.871 bits per heavy atom. The molecule has 5 nitrogen and oxygen atoms in total. The molecule has 5 rings (SSSR count). The van der Waals surface area contributed by atoms with Crippen molar-refractivity contribution in [2.75, 3.05) is 21.0 Å². The first-order valence-electron chi connectivity index (χ1n) is 10.4. The summed E-state index contributed by atoms with van der Waals surface area (Å²) >= 11 is 0. The lowest BCUT2D eigenvalue weighted by Crippen LogP contribution is -2.22. The second-order valence-electron chi connectivity index (χ2n) is 7.99. The van der Waals surface area contributed by atoms with Crippen LogP contribution in [0.1, 0.15) is 24.0 Å². The third-order valence-corrected chi connectivity index (χ3v) is 6.23. The van der Waals surface area contributed by atoms with Crippen molar-refractivity contribution in [2.24, 2.45) is 0 Å². The summed E-state index contributed by atoms with van der Waals surface area (Å²) in [6.45, 7) is 0.233. The summed E-state index contributed by atoms with van der Waals surface area (Å²) < 4.78 is 22.0. The van der Waals surface area contributed by atoms with E-state index in [4.69, 9.17) is 18.9 Å². The van der Waals surface area contributed by atoms with Crippen LogP contribution in [0.15, 0.2) is 60.7 Å². The molecule has 0 N–H and O–H groups in total. The molecule has 31 heavy (non-hydrogen) atoms. The molecule has 1 saturated carbocycles. The van der Waals surface area contributed by atoms with Gasteiger partial charge in [-0.1, -0.05) is 30.3 Å². The van der Waals surface area contributed by atoms with Gasteiger partial charge in [-0.25, -0.2) is 0 Å². The van der Waals surface area contributed by atoms with Gasteiger partial charge in [-0.15, -0.1) is 0 Å². The number of fused-ring (bicyclic) bond motifs is 1. The average molecular weight is 416 g/mol. The number of carbonyl (C=O) groups excluding carboxylic acids is 1. The highest BCUT2D eigenvalue weighted by Crippen LogP contribution is 2.51. The second kappa shape index (κ2) is 7.65. The lowest BCUT2D eigenvalue weighted by Gasteiger charge is -2.17. The number of para-hydroxylation sites is 1. The highest BCUT2D eigenvalue weighted by atomic mass is 16.7. The summed E-state index contributed by atoms with van der Waals surface area (Å²) in [6.07, 6.45) is 2.09. The predicted molar refractivity (Wildman–Crippen MR) is 117 cm³/mol. The summed E-state index contributed by atoms with van der Waals surface area (Å²) in [5, 5.41) is 0. The number of methoxy groups -OCH3 is 2. The Balaban J connectivity index is 1.44. The molecule has 2 aliphatic rings. The summed E-state index contributed by atoms with van der Waals surface area (Å²) in [4.78, 5) is 13.4. The summed E-state index contributed by atoms with van der Waals surface area (Å²) in [5.41, 5.74) is 3.40. The third kappa shape index (κ3) is 3.40. The minimum atomic E-state index is -0.425. The zero-order chi connectivity index (χ0) is 21.4. The predicted octanol–water partition coefficient (Wildman–Crippen LogP) is 4.94. The molecule has 5 heteroatoms. The number of hydrogen-bond donors (Lipinski definition) is 0. The number of hydrogen-bond acceptors (Lipinski definition) is 5. The Morgan fingerprint density at radius 2 is 1.61 bits per heavy atom. The van der Waals surface area contributed by atoms with Crippen molar-refractivity contribution in [3.63, 3.8) is 0 Å². The first kappa shape index (κ1) is 19.5. The molecule has 0 atom stereocenters. The van der Waals surface area contributed by atoms with Gasteiger partial charge >= 0.3 is 0 Å². The van der Waals surface area contributed by atoms with Crippen LogP contribution < -0.4 is 18.9 Å². The zero-order valence-electron chi connectivity index (χ0n) is 17.6. The molecule has 0 saturated heterocycles. The molecule has 1 aliphatic carbocycles. The maximum Gasteiger partial charge on any atom is 0.231 e. The van der Waals surface area contributed by atoms with Crippen LogP contribution in [0.4, 0.5) is 0 Å². The Labute approximate surface area is 181 Å². The lowest BCUT2D eigenvalue weighted by molar-refractivity contribution is -0.120. The van der Waals surface area contributed by atoms with Gasteiger partial charge in [0.25, 0.3) is 0 Å². The van der Waals surface area contributed by atoms with Crippen LogP contribution in [0.2, 0.25) is 0 Å². The molecule has 1 heterocycles. The fourth-order valence-electron chi connectivity index (χ4n) is 4.35. The standard InChI is InChI=1S/C26H24O5/c1-28-21-6-4-3-5-19(21)20-13-17(7-9-22(20)29-2)14-25(27)26(11-12-26)18-8-10-23-24(15-18)31-16-30-23/h3-10,13,15H,11-12,14,16H2,1-2H3. The lowest BCUT2D eigenvalue weighted by atomic mass is 9.87. The van der Waals surface area contributed by atoms with Gasteiger partial charge in [0.05, 0.1) is 19.6 Å². The second-order valence-corrected chi connectivity index (χ2v) is 7.99.